The summed E-state index contributed by atoms with van der Waals surface area (Å²) in [5.74, 6) is 2.66. The Hall–Kier alpha value is -2.14. The number of furan rings is 1. The highest BCUT2D eigenvalue weighted by atomic mass is 16.3. The zero-order valence-corrected chi connectivity index (χ0v) is 12.6. The van der Waals surface area contributed by atoms with Gasteiger partial charge in [-0.15, -0.1) is 0 Å². The number of hydrogen-bond donors (Lipinski definition) is 1. The van der Waals surface area contributed by atoms with Crippen LogP contribution < -0.4 is 5.32 Å². The van der Waals surface area contributed by atoms with Gasteiger partial charge in [-0.3, -0.25) is 0 Å². The Morgan fingerprint density at radius 1 is 1.29 bits per heavy atom. The lowest BCUT2D eigenvalue weighted by Gasteiger charge is -2.15. The molecule has 0 bridgehead atoms. The summed E-state index contributed by atoms with van der Waals surface area (Å²) in [6.45, 7) is 7.55. The lowest BCUT2D eigenvalue weighted by atomic mass is 10.2. The number of hydrogen-bond acceptors (Lipinski definition) is 4. The van der Waals surface area contributed by atoms with Gasteiger partial charge < -0.3 is 9.73 Å². The predicted octanol–water partition coefficient (Wildman–Crippen LogP) is 2.99. The summed E-state index contributed by atoms with van der Waals surface area (Å²) in [7, 11) is 0. The molecule has 2 aromatic heterocycles. The highest BCUT2D eigenvalue weighted by molar-refractivity contribution is 5.77. The Labute approximate surface area is 124 Å². The molecule has 0 aliphatic heterocycles. The van der Waals surface area contributed by atoms with E-state index in [1.54, 1.807) is 0 Å². The second kappa shape index (κ2) is 5.69. The molecule has 1 N–H and O–H groups in total. The van der Waals surface area contributed by atoms with E-state index in [4.69, 9.17) is 4.42 Å². The number of para-hydroxylation sites is 1. The van der Waals surface area contributed by atoms with Crippen LogP contribution in [0, 0.1) is 13.8 Å². The number of nitrogens with one attached hydrogen (secondary N) is 1. The first-order chi connectivity index (χ1) is 10.2. The maximum absolute atomic E-state index is 5.98. The van der Waals surface area contributed by atoms with E-state index in [1.165, 1.54) is 0 Å². The summed E-state index contributed by atoms with van der Waals surface area (Å²) >= 11 is 0. The van der Waals surface area contributed by atoms with Gasteiger partial charge in [0.25, 0.3) is 0 Å². The fourth-order valence-electron chi connectivity index (χ4n) is 2.58. The van der Waals surface area contributed by atoms with Crippen molar-refractivity contribution in [1.82, 2.24) is 20.1 Å². The molecule has 110 valence electrons. The van der Waals surface area contributed by atoms with Gasteiger partial charge in [-0.25, -0.2) is 9.67 Å². The Bertz CT molecular complexity index is 711. The highest BCUT2D eigenvalue weighted by Crippen LogP contribution is 2.25. The molecule has 0 radical (unpaired) electrons. The van der Waals surface area contributed by atoms with E-state index in [9.17, 15) is 0 Å². The summed E-state index contributed by atoms with van der Waals surface area (Å²) < 4.78 is 7.90. The molecule has 21 heavy (non-hydrogen) atoms. The van der Waals surface area contributed by atoms with Crippen LogP contribution in [-0.4, -0.2) is 21.3 Å². The van der Waals surface area contributed by atoms with Gasteiger partial charge in [-0.1, -0.05) is 25.1 Å². The molecule has 2 heterocycles. The van der Waals surface area contributed by atoms with Crippen LogP contribution in [0.1, 0.15) is 30.4 Å². The lowest BCUT2D eigenvalue weighted by Crippen LogP contribution is -2.26. The van der Waals surface area contributed by atoms with E-state index in [0.717, 1.165) is 34.9 Å². The second-order valence-electron chi connectivity index (χ2n) is 5.19. The van der Waals surface area contributed by atoms with Gasteiger partial charge >= 0.3 is 0 Å². The fourth-order valence-corrected chi connectivity index (χ4v) is 2.58. The minimum Gasteiger partial charge on any atom is -0.459 e. The van der Waals surface area contributed by atoms with Gasteiger partial charge in [-0.2, -0.15) is 5.10 Å². The van der Waals surface area contributed by atoms with E-state index in [2.05, 4.69) is 34.5 Å². The Morgan fingerprint density at radius 3 is 2.76 bits per heavy atom. The highest BCUT2D eigenvalue weighted by Gasteiger charge is 2.18. The van der Waals surface area contributed by atoms with Crippen LogP contribution >= 0.6 is 0 Å². The standard InChI is InChI=1S/C16H20N4O/c1-4-17-14(10-20-12(3)18-11(2)19-20)16-9-13-7-5-6-8-15(13)21-16/h5-9,14,17H,4,10H2,1-3H3. The molecule has 0 saturated heterocycles. The van der Waals surface area contributed by atoms with Crippen LogP contribution in [0.4, 0.5) is 0 Å². The minimum absolute atomic E-state index is 0.0854. The molecule has 0 aliphatic carbocycles. The van der Waals surface area contributed by atoms with Gasteiger partial charge in [0.2, 0.25) is 0 Å². The third-order valence-corrected chi connectivity index (χ3v) is 3.56. The average molecular weight is 284 g/mol. The minimum atomic E-state index is 0.0854. The number of benzene rings is 1. The maximum Gasteiger partial charge on any atom is 0.147 e. The van der Waals surface area contributed by atoms with Gasteiger partial charge in [-0.05, 0) is 32.5 Å². The summed E-state index contributed by atoms with van der Waals surface area (Å²) in [4.78, 5) is 4.35. The molecule has 0 spiro atoms. The summed E-state index contributed by atoms with van der Waals surface area (Å²) in [5, 5.41) is 9.02. The van der Waals surface area contributed by atoms with Crippen molar-refractivity contribution in [3.05, 3.63) is 47.7 Å². The van der Waals surface area contributed by atoms with Crippen LogP contribution in [0.15, 0.2) is 34.7 Å². The van der Waals surface area contributed by atoms with Gasteiger partial charge in [0.15, 0.2) is 0 Å². The van der Waals surface area contributed by atoms with E-state index in [1.807, 2.05) is 36.7 Å². The number of aryl methyl sites for hydroxylation is 2. The van der Waals surface area contributed by atoms with Crippen molar-refractivity contribution in [2.24, 2.45) is 0 Å². The lowest BCUT2D eigenvalue weighted by molar-refractivity contribution is 0.377. The third kappa shape index (κ3) is 2.83. The van der Waals surface area contributed by atoms with Crippen molar-refractivity contribution < 1.29 is 4.42 Å². The largest absolute Gasteiger partial charge is 0.459 e. The number of aromatic nitrogens is 3. The monoisotopic (exact) mass is 284 g/mol. The molecule has 0 amide bonds. The van der Waals surface area contributed by atoms with Crippen molar-refractivity contribution in [3.8, 4) is 0 Å². The first-order valence-corrected chi connectivity index (χ1v) is 7.27. The molecule has 1 atom stereocenters. The SMILES string of the molecule is CCNC(Cn1nc(C)nc1C)c1cc2ccccc2o1. The Morgan fingerprint density at radius 2 is 2.10 bits per heavy atom. The molecule has 1 unspecified atom stereocenters. The predicted molar refractivity (Wildman–Crippen MR) is 82.1 cm³/mol. The normalized spacial score (nSPS) is 12.9. The van der Waals surface area contributed by atoms with Gasteiger partial charge in [0.05, 0.1) is 12.6 Å². The first-order valence-electron chi connectivity index (χ1n) is 7.27. The molecular formula is C16H20N4O. The van der Waals surface area contributed by atoms with Crippen LogP contribution in [0.25, 0.3) is 11.0 Å². The number of nitrogens with zero attached hydrogens (tertiary/aromatic N) is 3. The zero-order chi connectivity index (χ0) is 14.8. The van der Waals surface area contributed by atoms with Crippen LogP contribution in [0.5, 0.6) is 0 Å². The van der Waals surface area contributed by atoms with Crippen molar-refractivity contribution in [2.75, 3.05) is 6.54 Å². The molecule has 5 heteroatoms. The molecule has 3 aromatic rings. The molecule has 5 nitrogen and oxygen atoms in total. The molecule has 1 aromatic carbocycles. The Kier molecular flexibility index (Phi) is 3.75. The van der Waals surface area contributed by atoms with Crippen LogP contribution in [0.2, 0.25) is 0 Å². The smallest absolute Gasteiger partial charge is 0.147 e. The third-order valence-electron chi connectivity index (χ3n) is 3.56. The van der Waals surface area contributed by atoms with Crippen LogP contribution in [-0.2, 0) is 6.54 Å². The molecule has 3 rings (SSSR count). The Balaban J connectivity index is 1.91. The summed E-state index contributed by atoms with van der Waals surface area (Å²) in [5.41, 5.74) is 0.918. The number of rotatable bonds is 5. The van der Waals surface area contributed by atoms with E-state index in [0.29, 0.717) is 6.54 Å². The van der Waals surface area contributed by atoms with Crippen molar-refractivity contribution in [2.45, 2.75) is 33.4 Å². The molecule has 0 saturated carbocycles. The quantitative estimate of drug-likeness (QED) is 0.782. The van der Waals surface area contributed by atoms with Gasteiger partial charge in [0, 0.05) is 5.39 Å². The topological polar surface area (TPSA) is 55.9 Å². The molecule has 0 aliphatic rings. The first kappa shape index (κ1) is 13.8. The van der Waals surface area contributed by atoms with Crippen molar-refractivity contribution in [3.63, 3.8) is 0 Å². The average Bonchev–Trinajstić information content (AvgIpc) is 3.01. The second-order valence-corrected chi connectivity index (χ2v) is 5.19. The van der Waals surface area contributed by atoms with Crippen molar-refractivity contribution >= 4 is 11.0 Å². The van der Waals surface area contributed by atoms with E-state index in [-0.39, 0.29) is 6.04 Å². The van der Waals surface area contributed by atoms with E-state index < -0.39 is 0 Å². The van der Waals surface area contributed by atoms with Gasteiger partial charge in [0.1, 0.15) is 23.0 Å². The number of likely N-dealkylation sites (N-methyl/N-ethyl adjacent to an activating group) is 1. The summed E-state index contributed by atoms with van der Waals surface area (Å²) in [6, 6.07) is 10.3. The maximum atomic E-state index is 5.98. The van der Waals surface area contributed by atoms with Crippen LogP contribution in [0.3, 0.4) is 0 Å². The molecular weight excluding hydrogens is 264 g/mol. The number of fused-ring (bicyclic) bond motifs is 1. The summed E-state index contributed by atoms with van der Waals surface area (Å²) in [6.07, 6.45) is 0. The zero-order valence-electron chi connectivity index (χ0n) is 12.6. The fraction of sp³-hybridized carbons (Fsp3) is 0.375. The van der Waals surface area contributed by atoms with Crippen molar-refractivity contribution in [1.29, 1.82) is 0 Å². The van der Waals surface area contributed by atoms with E-state index >= 15 is 0 Å². The molecule has 0 fully saturated rings.